The van der Waals surface area contributed by atoms with Crippen molar-refractivity contribution in [1.29, 1.82) is 0 Å². The number of carbonyl (C=O) groups is 1. The molecular formula is C12H14N2O2. The summed E-state index contributed by atoms with van der Waals surface area (Å²) in [5.41, 5.74) is 6.98. The molecule has 0 saturated heterocycles. The molecule has 0 aliphatic heterocycles. The summed E-state index contributed by atoms with van der Waals surface area (Å²) < 4.78 is 1.32. The Morgan fingerprint density at radius 2 is 2.12 bits per heavy atom. The number of rotatable bonds is 2. The predicted molar refractivity (Wildman–Crippen MR) is 62.7 cm³/mol. The third-order valence-corrected chi connectivity index (χ3v) is 2.66. The van der Waals surface area contributed by atoms with E-state index in [1.165, 1.54) is 11.5 Å². The number of nitrogens with zero attached hydrogens (tertiary/aromatic N) is 1. The van der Waals surface area contributed by atoms with Crippen molar-refractivity contribution in [2.75, 3.05) is 6.54 Å². The highest BCUT2D eigenvalue weighted by Gasteiger charge is 2.17. The number of benzene rings is 1. The van der Waals surface area contributed by atoms with Crippen LogP contribution in [0.25, 0.3) is 10.9 Å². The molecule has 0 amide bonds. The number of hydrogen-bond acceptors (Lipinski definition) is 3. The van der Waals surface area contributed by atoms with Crippen LogP contribution in [-0.2, 0) is 6.42 Å². The third-order valence-electron chi connectivity index (χ3n) is 2.66. The van der Waals surface area contributed by atoms with Crippen molar-refractivity contribution >= 4 is 16.8 Å². The number of hydrogen-bond donors (Lipinski definition) is 2. The van der Waals surface area contributed by atoms with E-state index in [0.717, 1.165) is 16.5 Å². The molecule has 1 aromatic carbocycles. The lowest BCUT2D eigenvalue weighted by atomic mass is 10.1. The van der Waals surface area contributed by atoms with Crippen LogP contribution in [0.5, 0.6) is 5.88 Å². The molecule has 1 heterocycles. The zero-order valence-electron chi connectivity index (χ0n) is 9.10. The highest BCUT2D eigenvalue weighted by atomic mass is 16.3. The van der Waals surface area contributed by atoms with Crippen LogP contribution in [0.1, 0.15) is 17.3 Å². The van der Waals surface area contributed by atoms with Crippen molar-refractivity contribution in [3.8, 4) is 5.88 Å². The number of fused-ring (bicyclic) bond motifs is 1. The molecule has 0 fully saturated rings. The van der Waals surface area contributed by atoms with Gasteiger partial charge in [-0.1, -0.05) is 18.2 Å². The Kier molecular flexibility index (Phi) is 2.66. The number of para-hydroxylation sites is 1. The van der Waals surface area contributed by atoms with Gasteiger partial charge in [0, 0.05) is 17.9 Å². The summed E-state index contributed by atoms with van der Waals surface area (Å²) in [6.45, 7) is 1.87. The van der Waals surface area contributed by atoms with Crippen LogP contribution < -0.4 is 5.73 Å². The Bertz CT molecular complexity index is 543. The molecule has 84 valence electrons. The first-order chi connectivity index (χ1) is 7.66. The summed E-state index contributed by atoms with van der Waals surface area (Å²) in [6, 6.07) is 7.43. The molecular weight excluding hydrogens is 204 g/mol. The zero-order chi connectivity index (χ0) is 11.7. The standard InChI is InChI=1S/C12H14N2O2/c1-8(15)14-11-5-3-2-4-9(11)10(6-7-13)12(14)16/h2-5,16H,6-7,13H2,1H3. The van der Waals surface area contributed by atoms with Crippen LogP contribution in [-0.4, -0.2) is 22.1 Å². The van der Waals surface area contributed by atoms with E-state index in [2.05, 4.69) is 0 Å². The SMILES string of the molecule is CC(=O)n1c(O)c(CCN)c2ccccc21. The van der Waals surface area contributed by atoms with Gasteiger partial charge in [-0.3, -0.25) is 9.36 Å². The molecule has 0 radical (unpaired) electrons. The summed E-state index contributed by atoms with van der Waals surface area (Å²) >= 11 is 0. The van der Waals surface area contributed by atoms with Crippen molar-refractivity contribution in [3.63, 3.8) is 0 Å². The highest BCUT2D eigenvalue weighted by Crippen LogP contribution is 2.31. The molecule has 0 unspecified atom stereocenters. The molecule has 1 aromatic heterocycles. The van der Waals surface area contributed by atoms with Gasteiger partial charge in [0.05, 0.1) is 5.52 Å². The molecule has 16 heavy (non-hydrogen) atoms. The Morgan fingerprint density at radius 3 is 2.75 bits per heavy atom. The molecule has 3 N–H and O–H groups in total. The Morgan fingerprint density at radius 1 is 1.44 bits per heavy atom. The van der Waals surface area contributed by atoms with Crippen molar-refractivity contribution in [1.82, 2.24) is 4.57 Å². The topological polar surface area (TPSA) is 68.2 Å². The van der Waals surface area contributed by atoms with E-state index in [-0.39, 0.29) is 11.8 Å². The van der Waals surface area contributed by atoms with E-state index in [4.69, 9.17) is 5.73 Å². The van der Waals surface area contributed by atoms with E-state index in [1.54, 1.807) is 0 Å². The largest absolute Gasteiger partial charge is 0.494 e. The number of nitrogens with two attached hydrogens (primary N) is 1. The summed E-state index contributed by atoms with van der Waals surface area (Å²) in [5.74, 6) is -0.184. The van der Waals surface area contributed by atoms with E-state index >= 15 is 0 Å². The van der Waals surface area contributed by atoms with Gasteiger partial charge in [0.1, 0.15) is 0 Å². The maximum Gasteiger partial charge on any atom is 0.230 e. The van der Waals surface area contributed by atoms with Gasteiger partial charge in [0.25, 0.3) is 0 Å². The lowest BCUT2D eigenvalue weighted by molar-refractivity contribution is 0.0933. The molecule has 2 aromatic rings. The van der Waals surface area contributed by atoms with Crippen LogP contribution >= 0.6 is 0 Å². The maximum atomic E-state index is 11.5. The van der Waals surface area contributed by atoms with Crippen LogP contribution in [0.3, 0.4) is 0 Å². The summed E-state index contributed by atoms with van der Waals surface area (Å²) in [5, 5.41) is 10.9. The third kappa shape index (κ3) is 1.47. The molecule has 0 bridgehead atoms. The average molecular weight is 218 g/mol. The first kappa shape index (κ1) is 10.7. The van der Waals surface area contributed by atoms with E-state index in [9.17, 15) is 9.90 Å². The van der Waals surface area contributed by atoms with Crippen LogP contribution in [0, 0.1) is 0 Å². The quantitative estimate of drug-likeness (QED) is 0.802. The molecule has 2 rings (SSSR count). The monoisotopic (exact) mass is 218 g/mol. The second-order valence-corrected chi connectivity index (χ2v) is 3.71. The van der Waals surface area contributed by atoms with Crippen molar-refractivity contribution in [2.45, 2.75) is 13.3 Å². The number of aromatic nitrogens is 1. The molecule has 4 heteroatoms. The minimum absolute atomic E-state index is 0.0131. The van der Waals surface area contributed by atoms with Gasteiger partial charge in [-0.25, -0.2) is 0 Å². The van der Waals surface area contributed by atoms with E-state index in [0.29, 0.717) is 13.0 Å². The van der Waals surface area contributed by atoms with Crippen molar-refractivity contribution in [3.05, 3.63) is 29.8 Å². The van der Waals surface area contributed by atoms with E-state index in [1.807, 2.05) is 24.3 Å². The highest BCUT2D eigenvalue weighted by molar-refractivity contribution is 5.96. The molecule has 0 aliphatic carbocycles. The average Bonchev–Trinajstić information content (AvgIpc) is 2.53. The first-order valence-corrected chi connectivity index (χ1v) is 5.19. The van der Waals surface area contributed by atoms with Gasteiger partial charge in [0.15, 0.2) is 0 Å². The Labute approximate surface area is 93.3 Å². The molecule has 0 spiro atoms. The van der Waals surface area contributed by atoms with Gasteiger partial charge >= 0.3 is 0 Å². The van der Waals surface area contributed by atoms with Gasteiger partial charge in [-0.05, 0) is 19.0 Å². The van der Waals surface area contributed by atoms with Gasteiger partial charge in [0.2, 0.25) is 11.8 Å². The first-order valence-electron chi connectivity index (χ1n) is 5.19. The van der Waals surface area contributed by atoms with E-state index < -0.39 is 0 Å². The lowest BCUT2D eigenvalue weighted by Gasteiger charge is -2.00. The smallest absolute Gasteiger partial charge is 0.230 e. The minimum Gasteiger partial charge on any atom is -0.494 e. The van der Waals surface area contributed by atoms with Gasteiger partial charge in [-0.2, -0.15) is 0 Å². The van der Waals surface area contributed by atoms with Crippen molar-refractivity contribution in [2.24, 2.45) is 5.73 Å². The molecule has 0 aliphatic rings. The molecule has 4 nitrogen and oxygen atoms in total. The summed E-state index contributed by atoms with van der Waals surface area (Å²) in [6.07, 6.45) is 0.562. The normalized spacial score (nSPS) is 10.9. The van der Waals surface area contributed by atoms with Gasteiger partial charge in [-0.15, -0.1) is 0 Å². The number of carbonyl (C=O) groups excluding carboxylic acids is 1. The number of aromatic hydroxyl groups is 1. The Balaban J connectivity index is 2.80. The second kappa shape index (κ2) is 3.98. The summed E-state index contributed by atoms with van der Waals surface area (Å²) in [7, 11) is 0. The minimum atomic E-state index is -0.197. The van der Waals surface area contributed by atoms with Crippen LogP contribution in [0.4, 0.5) is 0 Å². The fourth-order valence-electron chi connectivity index (χ4n) is 2.00. The summed E-state index contributed by atoms with van der Waals surface area (Å²) in [4.78, 5) is 11.5. The van der Waals surface area contributed by atoms with Gasteiger partial charge < -0.3 is 10.8 Å². The van der Waals surface area contributed by atoms with Crippen LogP contribution in [0.2, 0.25) is 0 Å². The lowest BCUT2D eigenvalue weighted by Crippen LogP contribution is -2.05. The molecule has 0 saturated carbocycles. The van der Waals surface area contributed by atoms with Crippen molar-refractivity contribution < 1.29 is 9.90 Å². The predicted octanol–water partition coefficient (Wildman–Crippen LogP) is 1.51. The zero-order valence-corrected chi connectivity index (χ0v) is 9.10. The van der Waals surface area contributed by atoms with Crippen LogP contribution in [0.15, 0.2) is 24.3 Å². The maximum absolute atomic E-state index is 11.5. The Hall–Kier alpha value is -1.81. The fraction of sp³-hybridized carbons (Fsp3) is 0.250. The molecule has 0 atom stereocenters. The second-order valence-electron chi connectivity index (χ2n) is 3.71. The fourth-order valence-corrected chi connectivity index (χ4v) is 2.00.